The minimum absolute atomic E-state index is 0.105. The Bertz CT molecular complexity index is 1960. The molecule has 0 saturated carbocycles. The normalized spacial score (nSPS) is 14.8. The molecule has 0 spiro atoms. The number of carbonyl (C=O) groups is 4. The van der Waals surface area contributed by atoms with Crippen molar-refractivity contribution in [3.05, 3.63) is 0 Å². The second-order valence-electron chi connectivity index (χ2n) is 30.2. The van der Waals surface area contributed by atoms with Gasteiger partial charge >= 0.3 is 39.5 Å². The molecule has 5 unspecified atom stereocenters. The molecule has 0 aliphatic rings. The Kier molecular flexibility index (Phi) is 70.9. The molecule has 0 aromatic carbocycles. The molecule has 0 aromatic rings. The Balaban J connectivity index is 5.26. The van der Waals surface area contributed by atoms with Gasteiger partial charge in [0, 0.05) is 25.7 Å². The standard InChI is InChI=1S/C82H160O17P2/c1-8-12-13-14-15-16-17-18-19-20-21-22-23-28-31-34-44-51-58-65-81(86)98-77(69-92-79(84)63-56-49-42-33-30-27-25-24-26-29-32-39-46-53-60-73(5)9-2)71-96-100(88,89)94-67-76(83)68-95-101(90,91)97-72-78(99-82(87)66-59-52-45-38-36-41-48-55-62-75(7)11-4)70-93-80(85)64-57-50-43-37-35-40-47-54-61-74(6)10-3/h73-78,83H,8-72H2,1-7H3,(H,88,89)(H,90,91)/t73?,74?,75?,76-,77-,78-/m1/s1. The maximum absolute atomic E-state index is 13.1. The van der Waals surface area contributed by atoms with E-state index in [0.717, 1.165) is 108 Å². The lowest BCUT2D eigenvalue weighted by atomic mass is 9.99. The van der Waals surface area contributed by atoms with E-state index in [4.69, 9.17) is 37.0 Å². The largest absolute Gasteiger partial charge is 0.472 e. The van der Waals surface area contributed by atoms with Gasteiger partial charge in [0.2, 0.25) is 0 Å². The first-order valence-corrected chi connectivity index (χ1v) is 45.5. The topological polar surface area (TPSA) is 237 Å². The van der Waals surface area contributed by atoms with Crippen LogP contribution in [-0.4, -0.2) is 96.7 Å². The molecule has 0 aliphatic carbocycles. The van der Waals surface area contributed by atoms with Crippen molar-refractivity contribution in [1.82, 2.24) is 0 Å². The zero-order valence-corrected chi connectivity index (χ0v) is 68.2. The summed E-state index contributed by atoms with van der Waals surface area (Å²) in [7, 11) is -9.92. The van der Waals surface area contributed by atoms with Gasteiger partial charge in [0.1, 0.15) is 19.3 Å². The van der Waals surface area contributed by atoms with Gasteiger partial charge < -0.3 is 33.8 Å². The lowest BCUT2D eigenvalue weighted by molar-refractivity contribution is -0.161. The summed E-state index contributed by atoms with van der Waals surface area (Å²) in [5.41, 5.74) is 0. The number of ether oxygens (including phenoxy) is 4. The van der Waals surface area contributed by atoms with Crippen LogP contribution in [0.4, 0.5) is 0 Å². The highest BCUT2D eigenvalue weighted by atomic mass is 31.2. The van der Waals surface area contributed by atoms with Crippen molar-refractivity contribution in [3.63, 3.8) is 0 Å². The molecule has 3 N–H and O–H groups in total. The molecule has 0 radical (unpaired) electrons. The molecule has 101 heavy (non-hydrogen) atoms. The molecule has 0 amide bonds. The molecule has 19 heteroatoms. The molecular formula is C82H160O17P2. The van der Waals surface area contributed by atoms with Crippen molar-refractivity contribution in [2.24, 2.45) is 17.8 Å². The van der Waals surface area contributed by atoms with E-state index in [1.165, 1.54) is 238 Å². The minimum atomic E-state index is -4.96. The zero-order valence-electron chi connectivity index (χ0n) is 66.4. The number of phosphoric ester groups is 2. The number of aliphatic hydroxyl groups excluding tert-OH is 1. The fourth-order valence-electron chi connectivity index (χ4n) is 12.6. The van der Waals surface area contributed by atoms with Crippen LogP contribution in [-0.2, 0) is 65.4 Å². The molecule has 17 nitrogen and oxygen atoms in total. The molecule has 8 atom stereocenters. The first-order valence-electron chi connectivity index (χ1n) is 42.5. The van der Waals surface area contributed by atoms with Crippen molar-refractivity contribution >= 4 is 39.5 Å². The molecule has 0 fully saturated rings. The number of unbranched alkanes of at least 4 members (excludes halogenated alkanes) is 45. The van der Waals surface area contributed by atoms with Crippen LogP contribution in [0, 0.1) is 17.8 Å². The Labute approximate surface area is 619 Å². The summed E-state index contributed by atoms with van der Waals surface area (Å²) in [6.45, 7) is 12.0. The fraction of sp³-hybridized carbons (Fsp3) is 0.951. The van der Waals surface area contributed by atoms with E-state index in [9.17, 15) is 43.2 Å². The number of hydrogen-bond donors (Lipinski definition) is 3. The van der Waals surface area contributed by atoms with Crippen LogP contribution in [0.25, 0.3) is 0 Å². The smallest absolute Gasteiger partial charge is 0.462 e. The van der Waals surface area contributed by atoms with Crippen molar-refractivity contribution in [2.75, 3.05) is 39.6 Å². The predicted molar refractivity (Wildman–Crippen MR) is 414 cm³/mol. The number of hydrogen-bond acceptors (Lipinski definition) is 15. The third-order valence-electron chi connectivity index (χ3n) is 20.2. The molecular weight excluding hydrogens is 1320 g/mol. The molecule has 0 aliphatic heterocycles. The molecule has 0 saturated heterocycles. The van der Waals surface area contributed by atoms with Crippen LogP contribution in [0.1, 0.15) is 427 Å². The van der Waals surface area contributed by atoms with E-state index in [0.29, 0.717) is 25.7 Å². The number of carbonyl (C=O) groups excluding carboxylic acids is 4. The maximum atomic E-state index is 13.1. The molecule has 0 rings (SSSR count). The summed E-state index contributed by atoms with van der Waals surface area (Å²) in [5.74, 6) is 0.286. The van der Waals surface area contributed by atoms with Crippen LogP contribution in [0.2, 0.25) is 0 Å². The Morgan fingerprint density at radius 3 is 0.703 bits per heavy atom. The highest BCUT2D eigenvalue weighted by Gasteiger charge is 2.30. The summed E-state index contributed by atoms with van der Waals surface area (Å²) < 4.78 is 68.8. The van der Waals surface area contributed by atoms with E-state index in [1.807, 2.05) is 0 Å². The summed E-state index contributed by atoms with van der Waals surface area (Å²) in [6.07, 6.45) is 60.9. The SMILES string of the molecule is CCCCCCCCCCCCCCCCCCCCCC(=O)O[C@H](COC(=O)CCCCCCCCCCCCCCCCC(C)CC)COP(=O)(O)OC[C@@H](O)COP(=O)(O)OC[C@@H](COC(=O)CCCCCCCCCCC(C)CC)OC(=O)CCCCCCCCCCC(C)CC. The van der Waals surface area contributed by atoms with Gasteiger partial charge in [0.25, 0.3) is 0 Å². The lowest BCUT2D eigenvalue weighted by Gasteiger charge is -2.21. The number of rotatable bonds is 80. The van der Waals surface area contributed by atoms with Gasteiger partial charge in [-0.05, 0) is 43.4 Å². The first-order chi connectivity index (χ1) is 48.8. The average molecular weight is 1480 g/mol. The maximum Gasteiger partial charge on any atom is 0.472 e. The highest BCUT2D eigenvalue weighted by molar-refractivity contribution is 7.47. The summed E-state index contributed by atoms with van der Waals surface area (Å²) in [6, 6.07) is 0. The fourth-order valence-corrected chi connectivity index (χ4v) is 14.1. The van der Waals surface area contributed by atoms with Crippen molar-refractivity contribution in [1.29, 1.82) is 0 Å². The van der Waals surface area contributed by atoms with E-state index < -0.39 is 97.5 Å². The first kappa shape index (κ1) is 99.1. The van der Waals surface area contributed by atoms with Crippen molar-refractivity contribution < 1.29 is 80.2 Å². The third-order valence-corrected chi connectivity index (χ3v) is 22.1. The van der Waals surface area contributed by atoms with Gasteiger partial charge in [-0.3, -0.25) is 37.3 Å². The average Bonchev–Trinajstić information content (AvgIpc) is 0.952. The lowest BCUT2D eigenvalue weighted by Crippen LogP contribution is -2.30. The van der Waals surface area contributed by atoms with Gasteiger partial charge in [0.05, 0.1) is 26.4 Å². The van der Waals surface area contributed by atoms with E-state index in [1.54, 1.807) is 0 Å². The van der Waals surface area contributed by atoms with Crippen molar-refractivity contribution in [2.45, 2.75) is 446 Å². The number of esters is 4. The Morgan fingerprint density at radius 2 is 0.475 bits per heavy atom. The van der Waals surface area contributed by atoms with Gasteiger partial charge in [-0.1, -0.05) is 376 Å². The number of aliphatic hydroxyl groups is 1. The highest BCUT2D eigenvalue weighted by Crippen LogP contribution is 2.45. The van der Waals surface area contributed by atoms with Crippen LogP contribution < -0.4 is 0 Å². The zero-order chi connectivity index (χ0) is 74.4. The van der Waals surface area contributed by atoms with E-state index in [2.05, 4.69) is 48.5 Å². The molecule has 600 valence electrons. The minimum Gasteiger partial charge on any atom is -0.462 e. The van der Waals surface area contributed by atoms with Gasteiger partial charge in [-0.25, -0.2) is 9.13 Å². The Hall–Kier alpha value is -1.94. The monoisotopic (exact) mass is 1480 g/mol. The second-order valence-corrected chi connectivity index (χ2v) is 33.1. The predicted octanol–water partition coefficient (Wildman–Crippen LogP) is 24.5. The van der Waals surface area contributed by atoms with E-state index in [-0.39, 0.29) is 25.7 Å². The second kappa shape index (κ2) is 72.3. The van der Waals surface area contributed by atoms with Gasteiger partial charge in [0.15, 0.2) is 12.2 Å². The van der Waals surface area contributed by atoms with E-state index >= 15 is 0 Å². The third kappa shape index (κ3) is 72.1. The quantitative estimate of drug-likeness (QED) is 0.0222. The molecule has 0 heterocycles. The van der Waals surface area contributed by atoms with Crippen LogP contribution in [0.5, 0.6) is 0 Å². The van der Waals surface area contributed by atoms with Crippen LogP contribution >= 0.6 is 15.6 Å². The Morgan fingerprint density at radius 1 is 0.277 bits per heavy atom. The molecule has 0 aromatic heterocycles. The van der Waals surface area contributed by atoms with Gasteiger partial charge in [-0.15, -0.1) is 0 Å². The summed E-state index contributed by atoms with van der Waals surface area (Å²) in [5, 5.41) is 10.7. The number of phosphoric acid groups is 2. The van der Waals surface area contributed by atoms with Crippen molar-refractivity contribution in [3.8, 4) is 0 Å². The van der Waals surface area contributed by atoms with Gasteiger partial charge in [-0.2, -0.15) is 0 Å². The summed E-state index contributed by atoms with van der Waals surface area (Å²) in [4.78, 5) is 73.1. The summed E-state index contributed by atoms with van der Waals surface area (Å²) >= 11 is 0. The van der Waals surface area contributed by atoms with Crippen LogP contribution in [0.3, 0.4) is 0 Å². The van der Waals surface area contributed by atoms with Crippen LogP contribution in [0.15, 0.2) is 0 Å². The molecule has 0 bridgehead atoms.